The summed E-state index contributed by atoms with van der Waals surface area (Å²) in [5.74, 6) is 1.40. The lowest BCUT2D eigenvalue weighted by molar-refractivity contribution is 0.768. The highest BCUT2D eigenvalue weighted by Crippen LogP contribution is 2.26. The van der Waals surface area contributed by atoms with Crippen LogP contribution in [-0.2, 0) is 7.05 Å². The Morgan fingerprint density at radius 1 is 1.08 bits per heavy atom. The molecule has 1 unspecified atom stereocenters. The number of anilines is 2. The Bertz CT molecular complexity index is 1050. The van der Waals surface area contributed by atoms with Gasteiger partial charge in [-0.05, 0) is 18.6 Å². The normalized spacial score (nSPS) is 12.3. The Kier molecular flexibility index (Phi) is 4.00. The van der Waals surface area contributed by atoms with E-state index in [0.29, 0.717) is 11.6 Å². The predicted octanol–water partition coefficient (Wildman–Crippen LogP) is 2.74. The number of hydrogen-bond donors (Lipinski definition) is 2. The maximum absolute atomic E-state index is 4.74. The van der Waals surface area contributed by atoms with Crippen molar-refractivity contribution in [2.24, 2.45) is 7.05 Å². The number of rotatable bonds is 5. The highest BCUT2D eigenvalue weighted by Gasteiger charge is 2.13. The minimum atomic E-state index is 0.0485. The average molecular weight is 348 g/mol. The van der Waals surface area contributed by atoms with Gasteiger partial charge in [0.25, 0.3) is 0 Å². The van der Waals surface area contributed by atoms with Crippen LogP contribution in [0, 0.1) is 0 Å². The Morgan fingerprint density at radius 2 is 1.96 bits per heavy atom. The fourth-order valence-corrected chi connectivity index (χ4v) is 2.85. The van der Waals surface area contributed by atoms with Gasteiger partial charge in [-0.25, -0.2) is 15.0 Å². The Hall–Kier alpha value is -3.42. The number of nitrogens with one attached hydrogen (secondary N) is 2. The zero-order valence-corrected chi connectivity index (χ0v) is 14.9. The molecule has 4 aromatic heterocycles. The summed E-state index contributed by atoms with van der Waals surface area (Å²) < 4.78 is 3.75. The summed E-state index contributed by atoms with van der Waals surface area (Å²) in [5.41, 5.74) is 3.76. The molecule has 8 heteroatoms. The molecule has 0 aliphatic heterocycles. The third-order valence-corrected chi connectivity index (χ3v) is 4.27. The first-order chi connectivity index (χ1) is 12.6. The molecule has 0 spiro atoms. The zero-order chi connectivity index (χ0) is 18.1. The number of nitrogens with zero attached hydrogens (tertiary/aromatic N) is 6. The van der Waals surface area contributed by atoms with Crippen LogP contribution in [0.5, 0.6) is 0 Å². The first kappa shape index (κ1) is 16.1. The van der Waals surface area contributed by atoms with Gasteiger partial charge in [-0.3, -0.25) is 4.68 Å². The lowest BCUT2D eigenvalue weighted by atomic mass is 10.1. The molecule has 0 bridgehead atoms. The summed E-state index contributed by atoms with van der Waals surface area (Å²) in [6.45, 7) is 2.09. The topological polar surface area (TPSA) is 85.0 Å². The first-order valence-corrected chi connectivity index (χ1v) is 8.37. The van der Waals surface area contributed by atoms with E-state index in [9.17, 15) is 0 Å². The highest BCUT2D eigenvalue weighted by molar-refractivity contribution is 5.66. The molecule has 0 fully saturated rings. The molecule has 4 rings (SSSR count). The van der Waals surface area contributed by atoms with Crippen molar-refractivity contribution in [3.05, 3.63) is 54.9 Å². The van der Waals surface area contributed by atoms with E-state index in [2.05, 4.69) is 44.9 Å². The molecule has 0 radical (unpaired) electrons. The van der Waals surface area contributed by atoms with Crippen LogP contribution in [-0.4, -0.2) is 36.2 Å². The zero-order valence-electron chi connectivity index (χ0n) is 14.9. The molecule has 1 atom stereocenters. The number of pyridine rings is 1. The molecule has 0 saturated carbocycles. The average Bonchev–Trinajstić information content (AvgIpc) is 3.29. The summed E-state index contributed by atoms with van der Waals surface area (Å²) in [6, 6.07) is 4.12. The van der Waals surface area contributed by atoms with Crippen LogP contribution in [0.2, 0.25) is 0 Å². The van der Waals surface area contributed by atoms with Crippen LogP contribution in [0.15, 0.2) is 49.3 Å². The van der Waals surface area contributed by atoms with Crippen LogP contribution in [0.1, 0.15) is 18.5 Å². The van der Waals surface area contributed by atoms with Crippen molar-refractivity contribution in [2.75, 3.05) is 17.7 Å². The molecule has 0 aliphatic rings. The van der Waals surface area contributed by atoms with Crippen molar-refractivity contribution >= 4 is 17.3 Å². The number of fused-ring (bicyclic) bond motifs is 1. The van der Waals surface area contributed by atoms with Crippen LogP contribution in [0.4, 0.5) is 11.6 Å². The summed E-state index contributed by atoms with van der Waals surface area (Å²) in [5, 5.41) is 10.7. The van der Waals surface area contributed by atoms with Crippen LogP contribution < -0.4 is 10.6 Å². The van der Waals surface area contributed by atoms with Gasteiger partial charge in [-0.2, -0.15) is 5.10 Å². The van der Waals surface area contributed by atoms with Crippen molar-refractivity contribution < 1.29 is 0 Å². The Labute approximate surface area is 150 Å². The second-order valence-electron chi connectivity index (χ2n) is 6.13. The second-order valence-corrected chi connectivity index (χ2v) is 6.13. The minimum Gasteiger partial charge on any atom is -0.370 e. The van der Waals surface area contributed by atoms with Crippen LogP contribution >= 0.6 is 0 Å². The molecular formula is C18H20N8. The molecule has 26 heavy (non-hydrogen) atoms. The molecule has 2 N–H and O–H groups in total. The van der Waals surface area contributed by atoms with Crippen molar-refractivity contribution in [1.29, 1.82) is 0 Å². The fourth-order valence-electron chi connectivity index (χ4n) is 2.85. The van der Waals surface area contributed by atoms with E-state index in [-0.39, 0.29) is 6.04 Å². The quantitative estimate of drug-likeness (QED) is 0.577. The molecular weight excluding hydrogens is 328 g/mol. The monoisotopic (exact) mass is 348 g/mol. The lowest BCUT2D eigenvalue weighted by Gasteiger charge is -2.17. The molecule has 0 saturated heterocycles. The van der Waals surface area contributed by atoms with E-state index in [4.69, 9.17) is 4.98 Å². The number of hydrogen-bond acceptors (Lipinski definition) is 6. The van der Waals surface area contributed by atoms with Gasteiger partial charge in [0.2, 0.25) is 0 Å². The largest absolute Gasteiger partial charge is 0.370 e. The van der Waals surface area contributed by atoms with Crippen LogP contribution in [0.3, 0.4) is 0 Å². The smallest absolute Gasteiger partial charge is 0.170 e. The van der Waals surface area contributed by atoms with Crippen molar-refractivity contribution in [2.45, 2.75) is 13.0 Å². The van der Waals surface area contributed by atoms with E-state index in [0.717, 1.165) is 22.5 Å². The van der Waals surface area contributed by atoms with E-state index in [1.54, 1.807) is 23.3 Å². The minimum absolute atomic E-state index is 0.0485. The number of aryl methyl sites for hydroxylation is 1. The summed E-state index contributed by atoms with van der Waals surface area (Å²) >= 11 is 0. The highest BCUT2D eigenvalue weighted by atomic mass is 15.2. The first-order valence-electron chi connectivity index (χ1n) is 8.37. The summed E-state index contributed by atoms with van der Waals surface area (Å²) in [6.07, 6.45) is 11.2. The summed E-state index contributed by atoms with van der Waals surface area (Å²) in [7, 11) is 3.72. The van der Waals surface area contributed by atoms with Gasteiger partial charge in [0.15, 0.2) is 11.6 Å². The molecule has 4 heterocycles. The maximum Gasteiger partial charge on any atom is 0.170 e. The summed E-state index contributed by atoms with van der Waals surface area (Å²) in [4.78, 5) is 13.5. The molecule has 4 aromatic rings. The van der Waals surface area contributed by atoms with Gasteiger partial charge in [0, 0.05) is 44.4 Å². The number of imidazole rings is 1. The molecule has 0 aromatic carbocycles. The van der Waals surface area contributed by atoms with Gasteiger partial charge in [0.1, 0.15) is 5.65 Å². The maximum atomic E-state index is 4.74. The predicted molar refractivity (Wildman–Crippen MR) is 101 cm³/mol. The lowest BCUT2D eigenvalue weighted by Crippen LogP contribution is -2.12. The molecule has 0 amide bonds. The van der Waals surface area contributed by atoms with E-state index in [1.807, 2.05) is 37.0 Å². The number of aromatic nitrogens is 6. The van der Waals surface area contributed by atoms with Gasteiger partial charge < -0.3 is 15.0 Å². The van der Waals surface area contributed by atoms with Crippen molar-refractivity contribution in [3.63, 3.8) is 0 Å². The van der Waals surface area contributed by atoms with E-state index >= 15 is 0 Å². The van der Waals surface area contributed by atoms with Gasteiger partial charge in [0.05, 0.1) is 24.1 Å². The molecule has 0 aliphatic carbocycles. The fraction of sp³-hybridized carbons (Fsp3) is 0.222. The molecule has 8 nitrogen and oxygen atoms in total. The van der Waals surface area contributed by atoms with Gasteiger partial charge in [-0.15, -0.1) is 0 Å². The van der Waals surface area contributed by atoms with Crippen molar-refractivity contribution in [3.8, 4) is 11.3 Å². The van der Waals surface area contributed by atoms with Crippen molar-refractivity contribution in [1.82, 2.24) is 29.1 Å². The van der Waals surface area contributed by atoms with E-state index < -0.39 is 0 Å². The molecule has 132 valence electrons. The van der Waals surface area contributed by atoms with E-state index in [1.165, 1.54) is 0 Å². The standard InChI is InChI=1S/C18H20N8/c1-12(13-4-5-16-20-6-7-26(16)11-13)23-18-17(19-2)21-9-15(24-18)14-8-22-25(3)10-14/h4-12H,1-3H3,(H,19,21)(H,23,24). The Balaban J connectivity index is 1.65. The SMILES string of the molecule is CNc1ncc(-c2cnn(C)c2)nc1NC(C)c1ccc2nccn2c1. The van der Waals surface area contributed by atoms with Gasteiger partial charge in [-0.1, -0.05) is 6.07 Å². The second kappa shape index (κ2) is 6.47. The third-order valence-electron chi connectivity index (χ3n) is 4.27. The van der Waals surface area contributed by atoms with Gasteiger partial charge >= 0.3 is 0 Å². The van der Waals surface area contributed by atoms with Crippen LogP contribution in [0.25, 0.3) is 16.9 Å². The third kappa shape index (κ3) is 2.97. The Morgan fingerprint density at radius 3 is 2.73 bits per heavy atom.